The molecule has 2 aliphatic rings. The summed E-state index contributed by atoms with van der Waals surface area (Å²) in [6, 6.07) is 8.51. The lowest BCUT2D eigenvalue weighted by Gasteiger charge is -2.29. The van der Waals surface area contributed by atoms with Crippen molar-refractivity contribution in [2.75, 3.05) is 12.8 Å². The number of carbonyl (C=O) groups is 2. The van der Waals surface area contributed by atoms with E-state index in [9.17, 15) is 9.59 Å². The highest BCUT2D eigenvalue weighted by Crippen LogP contribution is 2.30. The van der Waals surface area contributed by atoms with Crippen LogP contribution in [-0.4, -0.2) is 30.2 Å². The maximum absolute atomic E-state index is 12.4. The quantitative estimate of drug-likeness (QED) is 0.477. The molecule has 2 N–H and O–H groups in total. The highest BCUT2D eigenvalue weighted by Gasteiger charge is 2.37. The van der Waals surface area contributed by atoms with Crippen LogP contribution in [0.25, 0.3) is 0 Å². The first-order valence-corrected chi connectivity index (χ1v) is 11.7. The lowest BCUT2D eigenvalue weighted by molar-refractivity contribution is -0.122. The summed E-state index contributed by atoms with van der Waals surface area (Å²) in [6.07, 6.45) is 13.6. The van der Waals surface area contributed by atoms with Gasteiger partial charge < -0.3 is 10.6 Å². The summed E-state index contributed by atoms with van der Waals surface area (Å²) in [5.41, 5.74) is 2.41. The van der Waals surface area contributed by atoms with E-state index in [1.807, 2.05) is 0 Å². The third kappa shape index (κ3) is 6.13. The molecule has 1 saturated heterocycles. The fraction of sp³-hybridized carbons (Fsp3) is 0.565. The van der Waals surface area contributed by atoms with E-state index in [1.165, 1.54) is 41.7 Å². The molecule has 4 nitrogen and oxygen atoms in total. The Labute approximate surface area is 172 Å². The van der Waals surface area contributed by atoms with Crippen LogP contribution in [0.2, 0.25) is 0 Å². The number of thioether (sulfide) groups is 1. The smallest absolute Gasteiger partial charge is 0.220 e. The fourth-order valence-corrected chi connectivity index (χ4v) is 4.66. The predicted molar refractivity (Wildman–Crippen MR) is 115 cm³/mol. The number of hydrogen-bond acceptors (Lipinski definition) is 3. The minimum atomic E-state index is -0.290. The minimum Gasteiger partial charge on any atom is -0.356 e. The number of benzene rings is 1. The number of hydrogen-bond donors (Lipinski definition) is 2. The van der Waals surface area contributed by atoms with Gasteiger partial charge in [0.15, 0.2) is 0 Å². The van der Waals surface area contributed by atoms with Crippen molar-refractivity contribution in [1.82, 2.24) is 10.6 Å². The average Bonchev–Trinajstić information content (AvgIpc) is 3.08. The second-order valence-corrected chi connectivity index (χ2v) is 8.94. The Bertz CT molecular complexity index is 714. The van der Waals surface area contributed by atoms with Gasteiger partial charge in [-0.05, 0) is 75.3 Å². The number of amides is 2. The molecule has 0 aromatic heterocycles. The van der Waals surface area contributed by atoms with Crippen LogP contribution >= 0.6 is 11.8 Å². The molecule has 2 amide bonds. The zero-order valence-corrected chi connectivity index (χ0v) is 17.7. The van der Waals surface area contributed by atoms with Crippen molar-refractivity contribution in [3.8, 4) is 0 Å². The molecule has 1 atom stereocenters. The highest BCUT2D eigenvalue weighted by atomic mass is 32.2. The summed E-state index contributed by atoms with van der Waals surface area (Å²) in [5.74, 6) is 0.194. The molecule has 5 heteroatoms. The van der Waals surface area contributed by atoms with Gasteiger partial charge in [-0.25, -0.2) is 0 Å². The third-order valence-corrected chi connectivity index (χ3v) is 6.66. The van der Waals surface area contributed by atoms with Gasteiger partial charge >= 0.3 is 0 Å². The van der Waals surface area contributed by atoms with E-state index in [0.29, 0.717) is 19.3 Å². The molecule has 1 heterocycles. The van der Waals surface area contributed by atoms with Crippen LogP contribution in [0.4, 0.5) is 0 Å². The summed E-state index contributed by atoms with van der Waals surface area (Å²) in [5, 5.41) is 6.24. The number of rotatable bonds is 9. The summed E-state index contributed by atoms with van der Waals surface area (Å²) in [7, 11) is 0. The van der Waals surface area contributed by atoms with Crippen LogP contribution in [0.3, 0.4) is 0 Å². The Balaban J connectivity index is 1.49. The number of allylic oxidation sites excluding steroid dienone is 1. The highest BCUT2D eigenvalue weighted by molar-refractivity contribution is 7.98. The zero-order valence-electron chi connectivity index (χ0n) is 16.9. The topological polar surface area (TPSA) is 58.2 Å². The summed E-state index contributed by atoms with van der Waals surface area (Å²) >= 11 is 1.73. The monoisotopic (exact) mass is 400 g/mol. The summed E-state index contributed by atoms with van der Waals surface area (Å²) < 4.78 is 0. The van der Waals surface area contributed by atoms with Crippen molar-refractivity contribution < 1.29 is 9.59 Å². The van der Waals surface area contributed by atoms with Crippen LogP contribution in [0.1, 0.15) is 63.4 Å². The predicted octanol–water partition coefficient (Wildman–Crippen LogP) is 4.39. The molecule has 152 valence electrons. The van der Waals surface area contributed by atoms with Crippen molar-refractivity contribution in [3.63, 3.8) is 0 Å². The van der Waals surface area contributed by atoms with Crippen LogP contribution in [0, 0.1) is 0 Å². The van der Waals surface area contributed by atoms with Gasteiger partial charge in [-0.3, -0.25) is 9.59 Å². The SMILES string of the molecule is CSc1ccc(C[C@@]2(CCC(=O)NCCC3=CCCCC3)CCC(=O)N2)cc1. The average molecular weight is 401 g/mol. The van der Waals surface area contributed by atoms with Crippen LogP contribution < -0.4 is 10.6 Å². The molecule has 1 aromatic carbocycles. The van der Waals surface area contributed by atoms with Crippen molar-refractivity contribution in [1.29, 1.82) is 0 Å². The van der Waals surface area contributed by atoms with Crippen molar-refractivity contribution in [2.24, 2.45) is 0 Å². The zero-order chi connectivity index (χ0) is 19.8. The maximum Gasteiger partial charge on any atom is 0.220 e. The molecule has 0 bridgehead atoms. The molecule has 0 unspecified atom stereocenters. The van der Waals surface area contributed by atoms with E-state index in [-0.39, 0.29) is 17.4 Å². The maximum atomic E-state index is 12.4. The van der Waals surface area contributed by atoms with Crippen molar-refractivity contribution in [2.45, 2.75) is 74.6 Å². The summed E-state index contributed by atoms with van der Waals surface area (Å²) in [6.45, 7) is 0.722. The van der Waals surface area contributed by atoms with Crippen molar-refractivity contribution in [3.05, 3.63) is 41.5 Å². The van der Waals surface area contributed by atoms with Crippen LogP contribution in [-0.2, 0) is 16.0 Å². The van der Waals surface area contributed by atoms with E-state index in [4.69, 9.17) is 0 Å². The van der Waals surface area contributed by atoms with Crippen LogP contribution in [0.5, 0.6) is 0 Å². The van der Waals surface area contributed by atoms with Crippen molar-refractivity contribution >= 4 is 23.6 Å². The summed E-state index contributed by atoms with van der Waals surface area (Å²) in [4.78, 5) is 25.5. The molecule has 0 spiro atoms. The number of carbonyl (C=O) groups excluding carboxylic acids is 2. The van der Waals surface area contributed by atoms with Gasteiger partial charge in [-0.2, -0.15) is 0 Å². The Kier molecular flexibility index (Phi) is 7.60. The molecule has 0 radical (unpaired) electrons. The third-order valence-electron chi connectivity index (χ3n) is 5.92. The Hall–Kier alpha value is -1.75. The molecule has 1 fully saturated rings. The van der Waals surface area contributed by atoms with Gasteiger partial charge in [0.25, 0.3) is 0 Å². The largest absolute Gasteiger partial charge is 0.356 e. The second kappa shape index (κ2) is 10.1. The molecule has 0 saturated carbocycles. The van der Waals surface area contributed by atoms with E-state index < -0.39 is 0 Å². The van der Waals surface area contributed by atoms with E-state index >= 15 is 0 Å². The first kappa shape index (κ1) is 21.0. The molecular weight excluding hydrogens is 368 g/mol. The lowest BCUT2D eigenvalue weighted by atomic mass is 9.85. The normalized spacial score (nSPS) is 21.9. The van der Waals surface area contributed by atoms with Gasteiger partial charge in [-0.1, -0.05) is 23.8 Å². The minimum absolute atomic E-state index is 0.0923. The van der Waals surface area contributed by atoms with E-state index in [0.717, 1.165) is 25.8 Å². The Morgan fingerprint density at radius 3 is 2.68 bits per heavy atom. The molecule has 28 heavy (non-hydrogen) atoms. The van der Waals surface area contributed by atoms with E-state index in [1.54, 1.807) is 11.8 Å². The standard InChI is InChI=1S/C23H32N2O2S/c1-28-20-9-7-19(8-10-20)17-23(15-12-22(27)25-23)14-11-21(26)24-16-13-18-5-3-2-4-6-18/h5,7-10H,2-4,6,11-17H2,1H3,(H,24,26)(H,25,27)/t23-/m1/s1. The van der Waals surface area contributed by atoms with Crippen LogP contribution in [0.15, 0.2) is 40.8 Å². The van der Waals surface area contributed by atoms with Gasteiger partial charge in [0.1, 0.15) is 0 Å². The number of nitrogens with one attached hydrogen (secondary N) is 2. The van der Waals surface area contributed by atoms with Gasteiger partial charge in [0.05, 0.1) is 0 Å². The molecule has 1 aromatic rings. The second-order valence-electron chi connectivity index (χ2n) is 8.06. The van der Waals surface area contributed by atoms with Gasteiger partial charge in [0.2, 0.25) is 11.8 Å². The fourth-order valence-electron chi connectivity index (χ4n) is 4.25. The Morgan fingerprint density at radius 2 is 2.04 bits per heavy atom. The Morgan fingerprint density at radius 1 is 1.21 bits per heavy atom. The lowest BCUT2D eigenvalue weighted by Crippen LogP contribution is -2.44. The molecule has 1 aliphatic carbocycles. The first-order valence-electron chi connectivity index (χ1n) is 10.5. The molecular formula is C23H32N2O2S. The van der Waals surface area contributed by atoms with Gasteiger partial charge in [0, 0.05) is 29.8 Å². The molecule has 3 rings (SSSR count). The first-order chi connectivity index (χ1) is 13.6. The van der Waals surface area contributed by atoms with Gasteiger partial charge in [-0.15, -0.1) is 11.8 Å². The molecule has 1 aliphatic heterocycles. The van der Waals surface area contributed by atoms with E-state index in [2.05, 4.69) is 47.2 Å².